The van der Waals surface area contributed by atoms with Crippen LogP contribution in [0.2, 0.25) is 5.02 Å². The molecule has 0 unspecified atom stereocenters. The van der Waals surface area contributed by atoms with Crippen molar-refractivity contribution in [1.82, 2.24) is 5.32 Å². The molecule has 0 atom stereocenters. The number of benzene rings is 2. The Morgan fingerprint density at radius 3 is 2.57 bits per heavy atom. The van der Waals surface area contributed by atoms with Crippen molar-refractivity contribution in [3.05, 3.63) is 63.5 Å². The van der Waals surface area contributed by atoms with E-state index in [1.807, 2.05) is 12.1 Å². The Labute approximate surface area is 179 Å². The molecule has 1 heterocycles. The minimum atomic E-state index is -0.205. The fourth-order valence-corrected chi connectivity index (χ4v) is 3.79. The van der Waals surface area contributed by atoms with Crippen LogP contribution >= 0.6 is 35.6 Å². The van der Waals surface area contributed by atoms with Gasteiger partial charge in [-0.25, -0.2) is 0 Å². The number of hydrogen-bond donors (Lipinski definition) is 1. The average Bonchev–Trinajstić information content (AvgIpc) is 3.00. The zero-order valence-electron chi connectivity index (χ0n) is 15.4. The maximum atomic E-state index is 11.9. The molecule has 0 aliphatic carbocycles. The Morgan fingerprint density at radius 2 is 1.89 bits per heavy atom. The van der Waals surface area contributed by atoms with E-state index in [2.05, 4.69) is 24.4 Å². The number of ether oxygens (including phenoxy) is 2. The van der Waals surface area contributed by atoms with Gasteiger partial charge in [0.15, 0.2) is 0 Å². The summed E-state index contributed by atoms with van der Waals surface area (Å²) in [5.41, 5.74) is 2.03. The van der Waals surface area contributed by atoms with Crippen molar-refractivity contribution in [1.29, 1.82) is 0 Å². The van der Waals surface area contributed by atoms with E-state index in [1.165, 1.54) is 17.3 Å². The van der Waals surface area contributed by atoms with Gasteiger partial charge in [-0.1, -0.05) is 54.6 Å². The normalized spacial score (nSPS) is 15.0. The molecule has 28 heavy (non-hydrogen) atoms. The summed E-state index contributed by atoms with van der Waals surface area (Å²) >= 11 is 12.4. The van der Waals surface area contributed by atoms with Gasteiger partial charge in [0.25, 0.3) is 5.91 Å². The monoisotopic (exact) mass is 433 g/mol. The summed E-state index contributed by atoms with van der Waals surface area (Å²) < 4.78 is 12.1. The van der Waals surface area contributed by atoms with Crippen LogP contribution in [0.4, 0.5) is 0 Å². The fraction of sp³-hybridized carbons (Fsp3) is 0.238. The van der Waals surface area contributed by atoms with Crippen LogP contribution in [0.1, 0.15) is 24.5 Å². The number of halogens is 1. The molecule has 1 saturated heterocycles. The average molecular weight is 434 g/mol. The molecule has 3 rings (SSSR count). The number of nitrogens with one attached hydrogen (secondary N) is 1. The zero-order valence-corrected chi connectivity index (χ0v) is 17.8. The van der Waals surface area contributed by atoms with Gasteiger partial charge in [-0.3, -0.25) is 4.79 Å². The van der Waals surface area contributed by atoms with E-state index in [1.54, 1.807) is 24.3 Å². The van der Waals surface area contributed by atoms with Gasteiger partial charge in [0.1, 0.15) is 15.8 Å². The van der Waals surface area contributed by atoms with Crippen LogP contribution in [0.25, 0.3) is 6.08 Å². The van der Waals surface area contributed by atoms with Crippen molar-refractivity contribution in [2.45, 2.75) is 19.8 Å². The molecule has 2 aromatic rings. The summed E-state index contributed by atoms with van der Waals surface area (Å²) in [7, 11) is 0. The number of thiocarbonyl (C=S) groups is 1. The van der Waals surface area contributed by atoms with Crippen LogP contribution in [0.15, 0.2) is 47.4 Å². The summed E-state index contributed by atoms with van der Waals surface area (Å²) in [5.74, 6) is 1.31. The first-order valence-corrected chi connectivity index (χ1v) is 10.5. The van der Waals surface area contributed by atoms with E-state index < -0.39 is 0 Å². The number of rotatable bonds is 8. The van der Waals surface area contributed by atoms with Gasteiger partial charge in [-0.05, 0) is 48.4 Å². The molecule has 7 heteroatoms. The lowest BCUT2D eigenvalue weighted by molar-refractivity contribution is -0.115. The summed E-state index contributed by atoms with van der Waals surface area (Å²) in [5, 5.41) is 3.17. The molecule has 1 fully saturated rings. The van der Waals surface area contributed by atoms with Gasteiger partial charge < -0.3 is 14.8 Å². The summed E-state index contributed by atoms with van der Waals surface area (Å²) in [6.45, 7) is 3.17. The number of carbonyl (C=O) groups excluding carboxylic acids is 1. The summed E-state index contributed by atoms with van der Waals surface area (Å²) in [6, 6.07) is 13.4. The van der Waals surface area contributed by atoms with Gasteiger partial charge in [0, 0.05) is 17.0 Å². The molecule has 2 aromatic carbocycles. The van der Waals surface area contributed by atoms with Crippen molar-refractivity contribution >= 4 is 51.9 Å². The lowest BCUT2D eigenvalue weighted by atomic mass is 10.2. The van der Waals surface area contributed by atoms with Gasteiger partial charge in [0.05, 0.1) is 18.1 Å². The molecular weight excluding hydrogens is 414 g/mol. The molecule has 0 spiro atoms. The highest BCUT2D eigenvalue weighted by molar-refractivity contribution is 8.26. The van der Waals surface area contributed by atoms with Gasteiger partial charge >= 0.3 is 0 Å². The smallest absolute Gasteiger partial charge is 0.263 e. The van der Waals surface area contributed by atoms with Crippen molar-refractivity contribution in [3.63, 3.8) is 0 Å². The number of amides is 1. The predicted molar refractivity (Wildman–Crippen MR) is 119 cm³/mol. The number of aryl methyl sites for hydroxylation is 1. The zero-order chi connectivity index (χ0) is 19.9. The third-order valence-electron chi connectivity index (χ3n) is 4.05. The Balaban J connectivity index is 1.55. The molecule has 146 valence electrons. The van der Waals surface area contributed by atoms with Crippen molar-refractivity contribution in [3.8, 4) is 11.5 Å². The van der Waals surface area contributed by atoms with Crippen LogP contribution in [-0.4, -0.2) is 23.4 Å². The van der Waals surface area contributed by atoms with Crippen LogP contribution in [0, 0.1) is 0 Å². The van der Waals surface area contributed by atoms with Gasteiger partial charge in [-0.2, -0.15) is 0 Å². The second-order valence-corrected chi connectivity index (χ2v) is 8.24. The quantitative estimate of drug-likeness (QED) is 0.350. The highest BCUT2D eigenvalue weighted by Gasteiger charge is 2.22. The first-order chi connectivity index (χ1) is 13.5. The topological polar surface area (TPSA) is 47.6 Å². The minimum Gasteiger partial charge on any atom is -0.493 e. The molecule has 1 amide bonds. The van der Waals surface area contributed by atoms with Crippen LogP contribution in [0.3, 0.4) is 0 Å². The molecule has 1 N–H and O–H groups in total. The molecule has 1 aliphatic heterocycles. The number of thioether (sulfide) groups is 1. The second kappa shape index (κ2) is 9.96. The standard InChI is InChI=1S/C21H20ClNO3S2/c1-2-14-4-7-17(8-5-14)25-10-3-11-26-18-9-6-16(22)12-15(18)13-19-20(24)23-21(27)28-19/h4-9,12-13H,2-3,10-11H2,1H3,(H,23,24,27). The summed E-state index contributed by atoms with van der Waals surface area (Å²) in [4.78, 5) is 12.4. The number of hydrogen-bond acceptors (Lipinski definition) is 5. The lowest BCUT2D eigenvalue weighted by Crippen LogP contribution is -2.17. The first-order valence-electron chi connectivity index (χ1n) is 8.94. The Hall–Kier alpha value is -2.02. The lowest BCUT2D eigenvalue weighted by Gasteiger charge is -2.11. The molecule has 0 aromatic heterocycles. The maximum absolute atomic E-state index is 11.9. The Bertz CT molecular complexity index is 897. The van der Waals surface area contributed by atoms with Gasteiger partial charge in [-0.15, -0.1) is 0 Å². The van der Waals surface area contributed by atoms with E-state index in [-0.39, 0.29) is 5.91 Å². The Morgan fingerprint density at radius 1 is 1.14 bits per heavy atom. The molecule has 0 saturated carbocycles. The van der Waals surface area contributed by atoms with E-state index in [0.29, 0.717) is 33.2 Å². The maximum Gasteiger partial charge on any atom is 0.263 e. The molecule has 4 nitrogen and oxygen atoms in total. The molecular formula is C21H20ClNO3S2. The van der Waals surface area contributed by atoms with E-state index in [9.17, 15) is 4.79 Å². The van der Waals surface area contributed by atoms with Crippen LogP contribution in [-0.2, 0) is 11.2 Å². The summed E-state index contributed by atoms with van der Waals surface area (Å²) in [6.07, 6.45) is 3.49. The SMILES string of the molecule is CCc1ccc(OCCCOc2ccc(Cl)cc2C=C2SC(=S)NC2=O)cc1. The fourth-order valence-electron chi connectivity index (χ4n) is 2.58. The molecule has 0 radical (unpaired) electrons. The van der Waals surface area contributed by atoms with Crippen molar-refractivity contribution in [2.24, 2.45) is 0 Å². The van der Waals surface area contributed by atoms with Crippen LogP contribution in [0.5, 0.6) is 11.5 Å². The Kier molecular flexibility index (Phi) is 7.36. The van der Waals surface area contributed by atoms with Gasteiger partial charge in [0.2, 0.25) is 0 Å². The first kappa shape index (κ1) is 20.7. The number of carbonyl (C=O) groups is 1. The predicted octanol–water partition coefficient (Wildman–Crippen LogP) is 5.24. The highest BCUT2D eigenvalue weighted by Crippen LogP contribution is 2.31. The second-order valence-electron chi connectivity index (χ2n) is 6.08. The third-order valence-corrected chi connectivity index (χ3v) is 5.44. The van der Waals surface area contributed by atoms with Crippen LogP contribution < -0.4 is 14.8 Å². The third kappa shape index (κ3) is 5.74. The largest absolute Gasteiger partial charge is 0.493 e. The highest BCUT2D eigenvalue weighted by atomic mass is 35.5. The molecule has 1 aliphatic rings. The van der Waals surface area contributed by atoms with E-state index >= 15 is 0 Å². The minimum absolute atomic E-state index is 0.205. The molecule has 0 bridgehead atoms. The van der Waals surface area contributed by atoms with E-state index in [4.69, 9.17) is 33.3 Å². The van der Waals surface area contributed by atoms with Crippen molar-refractivity contribution < 1.29 is 14.3 Å². The van der Waals surface area contributed by atoms with E-state index in [0.717, 1.165) is 24.2 Å². The van der Waals surface area contributed by atoms with Crippen molar-refractivity contribution in [2.75, 3.05) is 13.2 Å².